The highest BCUT2D eigenvalue weighted by Gasteiger charge is 2.59. The minimum atomic E-state index is -3.71. The summed E-state index contributed by atoms with van der Waals surface area (Å²) in [4.78, 5) is 43.4. The summed E-state index contributed by atoms with van der Waals surface area (Å²) in [6.45, 7) is 17.6. The van der Waals surface area contributed by atoms with E-state index in [0.717, 1.165) is 10.5 Å². The number of methoxy groups -OCH3 is 1. The van der Waals surface area contributed by atoms with E-state index in [0.29, 0.717) is 23.4 Å². The van der Waals surface area contributed by atoms with Gasteiger partial charge in [-0.25, -0.2) is 18.9 Å². The fourth-order valence-electron chi connectivity index (χ4n) is 6.07. The van der Waals surface area contributed by atoms with Gasteiger partial charge >= 0.3 is 18.2 Å². The van der Waals surface area contributed by atoms with E-state index >= 15 is 4.39 Å². The third-order valence-electron chi connectivity index (χ3n) is 8.32. The molecule has 0 aromatic heterocycles. The highest BCUT2D eigenvalue weighted by Crippen LogP contribution is 2.64. The molecule has 2 atom stereocenters. The number of halogens is 1. The summed E-state index contributed by atoms with van der Waals surface area (Å²) in [5.74, 6) is -0.396. The van der Waals surface area contributed by atoms with Crippen LogP contribution in [0.5, 0.6) is 5.75 Å². The van der Waals surface area contributed by atoms with Crippen LogP contribution in [-0.4, -0.2) is 89.4 Å². The third kappa shape index (κ3) is 11.5. The van der Waals surface area contributed by atoms with Crippen molar-refractivity contribution in [2.45, 2.75) is 117 Å². The highest BCUT2D eigenvalue weighted by molar-refractivity contribution is 7.62. The minimum absolute atomic E-state index is 0.0164. The van der Waals surface area contributed by atoms with Crippen molar-refractivity contribution in [2.75, 3.05) is 39.5 Å². The van der Waals surface area contributed by atoms with E-state index in [1.54, 1.807) is 82.4 Å². The Bertz CT molecular complexity index is 1570. The average molecular weight is 749 g/mol. The van der Waals surface area contributed by atoms with Crippen LogP contribution in [0.2, 0.25) is 0 Å². The number of unbranched alkanes of at least 4 members (excludes halogenated alkanes) is 1. The fraction of sp³-hybridized carbons (Fsp3) is 0.615. The predicted octanol–water partition coefficient (Wildman–Crippen LogP) is 9.05. The number of imide groups is 1. The van der Waals surface area contributed by atoms with Gasteiger partial charge < -0.3 is 23.5 Å². The molecule has 2 unspecified atom stereocenters. The average Bonchev–Trinajstić information content (AvgIpc) is 3.01. The predicted molar refractivity (Wildman–Crippen MR) is 199 cm³/mol. The lowest BCUT2D eigenvalue weighted by atomic mass is 9.96. The van der Waals surface area contributed by atoms with E-state index in [9.17, 15) is 18.9 Å². The van der Waals surface area contributed by atoms with E-state index in [1.165, 1.54) is 6.07 Å². The first-order valence-corrected chi connectivity index (χ1v) is 19.7. The lowest BCUT2D eigenvalue weighted by Gasteiger charge is -2.46. The van der Waals surface area contributed by atoms with Crippen molar-refractivity contribution in [1.29, 1.82) is 0 Å². The molecule has 0 saturated carbocycles. The number of carbonyl (C=O) groups excluding carboxylic acids is 3. The van der Waals surface area contributed by atoms with Gasteiger partial charge in [-0.2, -0.15) is 0 Å². The Morgan fingerprint density at radius 1 is 0.865 bits per heavy atom. The number of nitrogens with zero attached hydrogens (tertiary/aromatic N) is 2. The summed E-state index contributed by atoms with van der Waals surface area (Å²) >= 11 is 0. The molecule has 3 rings (SSSR count). The largest absolute Gasteiger partial charge is 0.497 e. The summed E-state index contributed by atoms with van der Waals surface area (Å²) in [6.07, 6.45) is -1.09. The van der Waals surface area contributed by atoms with Gasteiger partial charge in [0.2, 0.25) is 7.37 Å². The minimum Gasteiger partial charge on any atom is -0.497 e. The lowest BCUT2D eigenvalue weighted by molar-refractivity contribution is -0.160. The third-order valence-corrected chi connectivity index (χ3v) is 11.6. The molecule has 13 heteroatoms. The molecule has 1 aliphatic rings. The molecule has 2 aromatic carbocycles. The zero-order chi connectivity index (χ0) is 39.1. The molecule has 0 N–H and O–H groups in total. The second kappa shape index (κ2) is 17.1. The zero-order valence-electron chi connectivity index (χ0n) is 32.8. The van der Waals surface area contributed by atoms with Crippen LogP contribution < -0.4 is 4.74 Å². The Morgan fingerprint density at radius 2 is 1.44 bits per heavy atom. The molecule has 0 aliphatic carbocycles. The number of hydrogen-bond acceptors (Lipinski definition) is 10. The van der Waals surface area contributed by atoms with Gasteiger partial charge in [-0.1, -0.05) is 24.3 Å². The normalized spacial score (nSPS) is 19.8. The number of amides is 2. The molecule has 2 amide bonds. The number of ether oxygens (including phenoxy) is 4. The Kier molecular flexibility index (Phi) is 14.1. The number of hydrogen-bond donors (Lipinski definition) is 0. The summed E-state index contributed by atoms with van der Waals surface area (Å²) < 4.78 is 58.8. The van der Waals surface area contributed by atoms with E-state index in [-0.39, 0.29) is 51.7 Å². The van der Waals surface area contributed by atoms with Crippen molar-refractivity contribution in [3.05, 3.63) is 53.8 Å². The Morgan fingerprint density at radius 3 is 1.96 bits per heavy atom. The molecule has 1 aliphatic heterocycles. The first kappa shape index (κ1) is 42.9. The van der Waals surface area contributed by atoms with Crippen LogP contribution in [0.1, 0.15) is 94.1 Å². The van der Waals surface area contributed by atoms with Gasteiger partial charge in [0.25, 0.3) is 0 Å². The Balaban J connectivity index is 1.98. The molecule has 0 bridgehead atoms. The van der Waals surface area contributed by atoms with E-state index in [1.807, 2.05) is 35.2 Å². The molecular weight excluding hydrogens is 690 g/mol. The van der Waals surface area contributed by atoms with Crippen molar-refractivity contribution in [3.8, 4) is 16.9 Å². The molecule has 2 aromatic rings. The maximum Gasteiger partial charge on any atom is 0.419 e. The highest BCUT2D eigenvalue weighted by atomic mass is 31.2. The van der Waals surface area contributed by atoms with Crippen LogP contribution in [0.3, 0.4) is 0 Å². The number of carbonyl (C=O) groups is 3. The summed E-state index contributed by atoms with van der Waals surface area (Å²) in [7, 11) is -2.13. The summed E-state index contributed by atoms with van der Waals surface area (Å²) in [5.41, 5.74) is -0.706. The first-order valence-electron chi connectivity index (χ1n) is 17.9. The molecule has 0 radical (unpaired) electrons. The van der Waals surface area contributed by atoms with E-state index in [4.69, 9.17) is 23.5 Å². The van der Waals surface area contributed by atoms with Crippen LogP contribution in [0.25, 0.3) is 11.1 Å². The van der Waals surface area contributed by atoms with E-state index in [2.05, 4.69) is 0 Å². The van der Waals surface area contributed by atoms with Crippen molar-refractivity contribution in [3.63, 3.8) is 0 Å². The SMILES string of the molecule is CCOP1(=O)CCN(Cc2c(F)cccc2-c2ccc(OC)cc2)CC1(CCCCN(C(=O)OC(C)(C)C)C(=O)OC(C)(C)C)C(=O)OC(C)(C)C. The second-order valence-corrected chi connectivity index (χ2v) is 19.0. The topological polar surface area (TPSA) is 121 Å². The summed E-state index contributed by atoms with van der Waals surface area (Å²) in [6, 6.07) is 12.2. The van der Waals surface area contributed by atoms with Crippen LogP contribution in [0.4, 0.5) is 14.0 Å². The van der Waals surface area contributed by atoms with Crippen LogP contribution in [-0.2, 0) is 34.6 Å². The van der Waals surface area contributed by atoms with Crippen LogP contribution in [0.15, 0.2) is 42.5 Å². The first-order chi connectivity index (χ1) is 24.0. The van der Waals surface area contributed by atoms with Gasteiger partial charge in [0, 0.05) is 37.9 Å². The van der Waals surface area contributed by atoms with Crippen molar-refractivity contribution in [2.24, 2.45) is 0 Å². The molecule has 1 saturated heterocycles. The van der Waals surface area contributed by atoms with Gasteiger partial charge in [0.05, 0.1) is 13.7 Å². The Hall–Kier alpha value is -3.47. The molecule has 290 valence electrons. The lowest BCUT2D eigenvalue weighted by Crippen LogP contribution is -2.56. The van der Waals surface area contributed by atoms with Gasteiger partial charge in [-0.15, -0.1) is 0 Å². The molecular formula is C39H58FN2O9P. The molecule has 0 spiro atoms. The Labute approximate surface area is 308 Å². The molecule has 1 heterocycles. The summed E-state index contributed by atoms with van der Waals surface area (Å²) in [5, 5.41) is -1.61. The quantitative estimate of drug-likeness (QED) is 0.0900. The standard InChI is InChI=1S/C39H58FN2O9P/c1-12-48-52(46)25-24-41(26-31-30(16-15-17-32(31)40)28-18-20-29(47-11)21-19-28)27-39(52,33(43)49-36(2,3)4)22-13-14-23-42(34(44)50-37(5,6)7)35(45)51-38(8,9)10/h15-21H,12-14,22-27H2,1-11H3. The van der Waals surface area contributed by atoms with Gasteiger partial charge in [-0.3, -0.25) is 14.3 Å². The number of esters is 1. The molecule has 52 heavy (non-hydrogen) atoms. The molecule has 1 fully saturated rings. The van der Waals surface area contributed by atoms with Gasteiger partial charge in [0.15, 0.2) is 5.16 Å². The van der Waals surface area contributed by atoms with Crippen LogP contribution in [0, 0.1) is 5.82 Å². The maximum absolute atomic E-state index is 15.6. The van der Waals surface area contributed by atoms with Crippen molar-refractivity contribution < 1.29 is 46.8 Å². The van der Waals surface area contributed by atoms with E-state index < -0.39 is 53.3 Å². The van der Waals surface area contributed by atoms with Gasteiger partial charge in [-0.05, 0) is 118 Å². The fourth-order valence-corrected chi connectivity index (χ4v) is 9.07. The number of rotatable bonds is 12. The van der Waals surface area contributed by atoms with Crippen LogP contribution >= 0.6 is 7.37 Å². The van der Waals surface area contributed by atoms with Gasteiger partial charge in [0.1, 0.15) is 28.4 Å². The maximum atomic E-state index is 15.6. The monoisotopic (exact) mass is 748 g/mol. The smallest absolute Gasteiger partial charge is 0.419 e. The van der Waals surface area contributed by atoms with Crippen molar-refractivity contribution in [1.82, 2.24) is 9.80 Å². The zero-order valence-corrected chi connectivity index (χ0v) is 33.7. The van der Waals surface area contributed by atoms with Crippen molar-refractivity contribution >= 4 is 25.5 Å². The second-order valence-electron chi connectivity index (χ2n) is 16.1. The molecule has 11 nitrogen and oxygen atoms in total. The number of benzene rings is 2.